The maximum atomic E-state index is 12.6. The predicted octanol–water partition coefficient (Wildman–Crippen LogP) is 3.09. The molecule has 1 aliphatic heterocycles. The van der Waals surface area contributed by atoms with Crippen LogP contribution in [-0.2, 0) is 6.42 Å². The van der Waals surface area contributed by atoms with Crippen molar-refractivity contribution in [2.45, 2.75) is 12.5 Å². The van der Waals surface area contributed by atoms with Gasteiger partial charge in [0.2, 0.25) is 0 Å². The first-order valence-electron chi connectivity index (χ1n) is 8.88. The highest BCUT2D eigenvalue weighted by Gasteiger charge is 2.24. The number of rotatable bonds is 5. The van der Waals surface area contributed by atoms with Crippen molar-refractivity contribution < 1.29 is 23.5 Å². The van der Waals surface area contributed by atoms with Gasteiger partial charge in [0.1, 0.15) is 23.9 Å². The summed E-state index contributed by atoms with van der Waals surface area (Å²) in [7, 11) is 3.14. The largest absolute Gasteiger partial charge is 0.497 e. The van der Waals surface area contributed by atoms with Gasteiger partial charge in [-0.15, -0.1) is 0 Å². The number of carbonyl (C=O) groups is 1. The number of amides is 1. The number of ether oxygens (including phenoxy) is 3. The van der Waals surface area contributed by atoms with Crippen LogP contribution in [0.1, 0.15) is 16.1 Å². The molecule has 1 amide bonds. The van der Waals surface area contributed by atoms with E-state index in [0.717, 1.165) is 11.3 Å². The van der Waals surface area contributed by atoms with E-state index >= 15 is 0 Å². The standard InChI is InChI=1S/C21H20N2O5/c1-25-15-7-8-19(26-2)16(10-15)20-11-17(23-28-20)21(24)22-14-9-13-5-3-4-6-18(13)27-12-14/h3-8,10-11,14H,9,12H2,1-2H3,(H,22,24). The summed E-state index contributed by atoms with van der Waals surface area (Å²) in [4.78, 5) is 12.6. The zero-order chi connectivity index (χ0) is 19.5. The lowest BCUT2D eigenvalue weighted by Gasteiger charge is -2.25. The summed E-state index contributed by atoms with van der Waals surface area (Å²) in [5, 5.41) is 6.86. The molecule has 2 heterocycles. The number of carbonyl (C=O) groups excluding carboxylic acids is 1. The molecular weight excluding hydrogens is 360 g/mol. The van der Waals surface area contributed by atoms with Gasteiger partial charge >= 0.3 is 0 Å². The van der Waals surface area contributed by atoms with Crippen molar-refractivity contribution in [3.05, 3.63) is 59.8 Å². The van der Waals surface area contributed by atoms with Crippen molar-refractivity contribution >= 4 is 5.91 Å². The second kappa shape index (κ2) is 7.64. The predicted molar refractivity (Wildman–Crippen MR) is 102 cm³/mol. The van der Waals surface area contributed by atoms with Crippen LogP contribution in [-0.4, -0.2) is 37.9 Å². The third-order valence-electron chi connectivity index (χ3n) is 4.63. The summed E-state index contributed by atoms with van der Waals surface area (Å²) < 4.78 is 21.7. The number of nitrogens with one attached hydrogen (secondary N) is 1. The van der Waals surface area contributed by atoms with Gasteiger partial charge < -0.3 is 24.1 Å². The third kappa shape index (κ3) is 3.51. The molecule has 144 valence electrons. The van der Waals surface area contributed by atoms with Crippen LogP contribution in [0.3, 0.4) is 0 Å². The van der Waals surface area contributed by atoms with Crippen LogP contribution in [0.25, 0.3) is 11.3 Å². The van der Waals surface area contributed by atoms with E-state index in [1.165, 1.54) is 0 Å². The van der Waals surface area contributed by atoms with Gasteiger partial charge in [0, 0.05) is 6.07 Å². The molecule has 0 fully saturated rings. The SMILES string of the molecule is COc1ccc(OC)c(-c2cc(C(=O)NC3COc4ccccc4C3)no2)c1. The zero-order valence-electron chi connectivity index (χ0n) is 15.6. The second-order valence-electron chi connectivity index (χ2n) is 6.44. The van der Waals surface area contributed by atoms with E-state index in [9.17, 15) is 4.79 Å². The Morgan fingerprint density at radius 1 is 1.14 bits per heavy atom. The molecular formula is C21H20N2O5. The Labute approximate surface area is 162 Å². The van der Waals surface area contributed by atoms with E-state index in [-0.39, 0.29) is 17.6 Å². The molecule has 0 saturated heterocycles. The molecule has 1 unspecified atom stereocenters. The third-order valence-corrected chi connectivity index (χ3v) is 4.63. The summed E-state index contributed by atoms with van der Waals surface area (Å²) in [6.45, 7) is 0.414. The van der Waals surface area contributed by atoms with E-state index in [4.69, 9.17) is 18.7 Å². The minimum Gasteiger partial charge on any atom is -0.497 e. The average Bonchev–Trinajstić information content (AvgIpc) is 3.23. The summed E-state index contributed by atoms with van der Waals surface area (Å²) in [6, 6.07) is 14.6. The number of hydrogen-bond donors (Lipinski definition) is 1. The van der Waals surface area contributed by atoms with E-state index in [0.29, 0.717) is 35.9 Å². The highest BCUT2D eigenvalue weighted by Crippen LogP contribution is 2.33. The number of para-hydroxylation sites is 1. The Kier molecular flexibility index (Phi) is 4.89. The fraction of sp³-hybridized carbons (Fsp3) is 0.238. The summed E-state index contributed by atoms with van der Waals surface area (Å²) >= 11 is 0. The van der Waals surface area contributed by atoms with Gasteiger partial charge in [0.05, 0.1) is 25.8 Å². The number of aromatic nitrogens is 1. The smallest absolute Gasteiger partial charge is 0.273 e. The summed E-state index contributed by atoms with van der Waals surface area (Å²) in [5.41, 5.74) is 1.92. The molecule has 1 aliphatic rings. The number of benzene rings is 2. The van der Waals surface area contributed by atoms with Gasteiger partial charge in [-0.25, -0.2) is 0 Å². The average molecular weight is 380 g/mol. The van der Waals surface area contributed by atoms with Crippen LogP contribution in [0.15, 0.2) is 53.1 Å². The van der Waals surface area contributed by atoms with Crippen molar-refractivity contribution in [3.8, 4) is 28.6 Å². The Morgan fingerprint density at radius 2 is 2.00 bits per heavy atom. The van der Waals surface area contributed by atoms with Crippen LogP contribution >= 0.6 is 0 Å². The monoisotopic (exact) mass is 380 g/mol. The van der Waals surface area contributed by atoms with Crippen molar-refractivity contribution in [1.29, 1.82) is 0 Å². The number of methoxy groups -OCH3 is 2. The lowest BCUT2D eigenvalue weighted by atomic mass is 10.0. The second-order valence-corrected chi connectivity index (χ2v) is 6.44. The molecule has 0 aliphatic carbocycles. The van der Waals surface area contributed by atoms with Gasteiger partial charge in [-0.05, 0) is 36.2 Å². The number of fused-ring (bicyclic) bond motifs is 1. The molecule has 0 radical (unpaired) electrons. The fourth-order valence-corrected chi connectivity index (χ4v) is 3.20. The Bertz CT molecular complexity index is 998. The molecule has 0 spiro atoms. The van der Waals surface area contributed by atoms with Gasteiger partial charge in [0.15, 0.2) is 11.5 Å². The lowest BCUT2D eigenvalue weighted by Crippen LogP contribution is -2.42. The lowest BCUT2D eigenvalue weighted by molar-refractivity contribution is 0.0906. The van der Waals surface area contributed by atoms with Crippen molar-refractivity contribution in [2.75, 3.05) is 20.8 Å². The number of hydrogen-bond acceptors (Lipinski definition) is 6. The molecule has 4 rings (SSSR count). The molecule has 1 aromatic heterocycles. The summed E-state index contributed by atoms with van der Waals surface area (Å²) in [6.07, 6.45) is 0.705. The first-order valence-corrected chi connectivity index (χ1v) is 8.88. The van der Waals surface area contributed by atoms with Gasteiger partial charge in [-0.1, -0.05) is 23.4 Å². The maximum absolute atomic E-state index is 12.6. The normalized spacial score (nSPS) is 15.3. The highest BCUT2D eigenvalue weighted by molar-refractivity contribution is 5.93. The van der Waals surface area contributed by atoms with Gasteiger partial charge in [-0.2, -0.15) is 0 Å². The first-order chi connectivity index (χ1) is 13.7. The van der Waals surface area contributed by atoms with Crippen molar-refractivity contribution in [3.63, 3.8) is 0 Å². The minimum absolute atomic E-state index is 0.131. The van der Waals surface area contributed by atoms with Crippen LogP contribution in [0.2, 0.25) is 0 Å². The topological polar surface area (TPSA) is 82.8 Å². The maximum Gasteiger partial charge on any atom is 0.273 e. The van der Waals surface area contributed by atoms with Crippen LogP contribution in [0, 0.1) is 0 Å². The number of nitrogens with zero attached hydrogens (tertiary/aromatic N) is 1. The quantitative estimate of drug-likeness (QED) is 0.732. The molecule has 1 N–H and O–H groups in total. The molecule has 7 nitrogen and oxygen atoms in total. The van der Waals surface area contributed by atoms with Crippen LogP contribution in [0.5, 0.6) is 17.2 Å². The van der Waals surface area contributed by atoms with Crippen molar-refractivity contribution in [2.24, 2.45) is 0 Å². The minimum atomic E-state index is -0.315. The Hall–Kier alpha value is -3.48. The zero-order valence-corrected chi connectivity index (χ0v) is 15.6. The van der Waals surface area contributed by atoms with Crippen LogP contribution < -0.4 is 19.5 Å². The molecule has 2 aromatic carbocycles. The Morgan fingerprint density at radius 3 is 2.82 bits per heavy atom. The molecule has 3 aromatic rings. The van der Waals surface area contributed by atoms with Crippen LogP contribution in [0.4, 0.5) is 0 Å². The molecule has 0 saturated carbocycles. The molecule has 1 atom stereocenters. The first kappa shape index (κ1) is 17.9. The molecule has 0 bridgehead atoms. The van der Waals surface area contributed by atoms with Gasteiger partial charge in [-0.3, -0.25) is 4.79 Å². The van der Waals surface area contributed by atoms with E-state index in [1.807, 2.05) is 24.3 Å². The molecule has 28 heavy (non-hydrogen) atoms. The van der Waals surface area contributed by atoms with E-state index in [1.54, 1.807) is 38.5 Å². The van der Waals surface area contributed by atoms with E-state index in [2.05, 4.69) is 10.5 Å². The van der Waals surface area contributed by atoms with E-state index < -0.39 is 0 Å². The summed E-state index contributed by atoms with van der Waals surface area (Å²) in [5.74, 6) is 2.22. The molecule has 7 heteroatoms. The Balaban J connectivity index is 1.50. The van der Waals surface area contributed by atoms with Gasteiger partial charge in [0.25, 0.3) is 5.91 Å². The fourth-order valence-electron chi connectivity index (χ4n) is 3.20. The van der Waals surface area contributed by atoms with Crippen molar-refractivity contribution in [1.82, 2.24) is 10.5 Å². The highest BCUT2D eigenvalue weighted by atomic mass is 16.5.